The molecule has 2 nitrogen and oxygen atoms in total. The lowest BCUT2D eigenvalue weighted by Gasteiger charge is -2.04. The van der Waals surface area contributed by atoms with E-state index in [1.165, 1.54) is 0 Å². The van der Waals surface area contributed by atoms with Crippen LogP contribution in [0.25, 0.3) is 10.8 Å². The van der Waals surface area contributed by atoms with Crippen LogP contribution in [0.3, 0.4) is 0 Å². The molecule has 0 aliphatic carbocycles. The van der Waals surface area contributed by atoms with Crippen molar-refractivity contribution in [1.29, 1.82) is 0 Å². The summed E-state index contributed by atoms with van der Waals surface area (Å²) in [5.41, 5.74) is 1.56. The van der Waals surface area contributed by atoms with Gasteiger partial charge in [0.2, 0.25) is 5.69 Å². The van der Waals surface area contributed by atoms with Crippen LogP contribution in [0, 0.1) is 5.21 Å². The number of nitrogens with zero attached hydrogens (tertiary/aromatic N) is 1. The minimum absolute atomic E-state index is 0.635. The Morgan fingerprint density at radius 3 is 2.26 bits per heavy atom. The number of fused-ring (bicyclic) bond motifs is 1. The number of hydrogen-bond donors (Lipinski definition) is 0. The fourth-order valence-corrected chi connectivity index (χ4v) is 2.14. The third-order valence-electron chi connectivity index (χ3n) is 3.09. The Kier molecular flexibility index (Phi) is 2.99. The van der Waals surface area contributed by atoms with Gasteiger partial charge in [0, 0.05) is 17.7 Å². The van der Waals surface area contributed by atoms with Crippen LogP contribution in [0.5, 0.6) is 0 Å². The van der Waals surface area contributed by atoms with E-state index in [-0.39, 0.29) is 0 Å². The van der Waals surface area contributed by atoms with Gasteiger partial charge in [-0.3, -0.25) is 0 Å². The molecule has 19 heavy (non-hydrogen) atoms. The number of hydrogen-bond acceptors (Lipinski definition) is 1. The number of para-hydroxylation sites is 1. The molecule has 3 aromatic carbocycles. The second-order valence-corrected chi connectivity index (χ2v) is 4.36. The summed E-state index contributed by atoms with van der Waals surface area (Å²) in [6, 6.07) is 23.2. The van der Waals surface area contributed by atoms with Crippen molar-refractivity contribution in [2.75, 3.05) is 0 Å². The Morgan fingerprint density at radius 2 is 1.42 bits per heavy atom. The lowest BCUT2D eigenvalue weighted by Crippen LogP contribution is -1.99. The Balaban J connectivity index is 2.11. The fraction of sp³-hybridized carbons (Fsp3) is 0. The van der Waals surface area contributed by atoms with E-state index in [0.717, 1.165) is 21.1 Å². The topological polar surface area (TPSA) is 26.1 Å². The molecule has 0 saturated carbocycles. The van der Waals surface area contributed by atoms with Crippen LogP contribution >= 0.6 is 0 Å². The zero-order valence-electron chi connectivity index (χ0n) is 10.4. The molecule has 0 unspecified atom stereocenters. The van der Waals surface area contributed by atoms with Gasteiger partial charge in [-0.1, -0.05) is 54.6 Å². The van der Waals surface area contributed by atoms with Gasteiger partial charge in [0.15, 0.2) is 6.21 Å². The van der Waals surface area contributed by atoms with Gasteiger partial charge in [-0.2, -0.15) is 4.74 Å². The smallest absolute Gasteiger partial charge is 0.216 e. The van der Waals surface area contributed by atoms with Crippen LogP contribution in [0.1, 0.15) is 5.56 Å². The van der Waals surface area contributed by atoms with E-state index in [0.29, 0.717) is 5.69 Å². The quantitative estimate of drug-likeness (QED) is 0.290. The molecule has 0 aliphatic heterocycles. The highest BCUT2D eigenvalue weighted by atomic mass is 16.5. The minimum Gasteiger partial charge on any atom is -0.618 e. The van der Waals surface area contributed by atoms with Crippen LogP contribution in [-0.4, -0.2) is 11.0 Å². The zero-order valence-corrected chi connectivity index (χ0v) is 10.4. The summed E-state index contributed by atoms with van der Waals surface area (Å²) >= 11 is 0. The molecular weight excluding hydrogens is 234 g/mol. The molecule has 3 rings (SSSR count). The normalized spacial score (nSPS) is 11.7. The molecule has 0 bridgehead atoms. The summed E-state index contributed by atoms with van der Waals surface area (Å²) in [6.45, 7) is 0. The molecule has 2 heteroatoms. The Hall–Kier alpha value is -2.61. The lowest BCUT2D eigenvalue weighted by atomic mass is 10.1. The van der Waals surface area contributed by atoms with Gasteiger partial charge >= 0.3 is 0 Å². The summed E-state index contributed by atoms with van der Waals surface area (Å²) in [5.74, 6) is 0. The first kappa shape index (κ1) is 11.5. The van der Waals surface area contributed by atoms with Crippen LogP contribution < -0.4 is 0 Å². The van der Waals surface area contributed by atoms with Crippen LogP contribution in [-0.2, 0) is 0 Å². The zero-order chi connectivity index (χ0) is 13.1. The standard InChI is InChI=1S/C17H13NO/c19-18(16-10-2-1-3-11-16)13-15-9-6-8-14-7-4-5-12-17(14)15/h1-13H/b18-13-. The van der Waals surface area contributed by atoms with Crippen molar-refractivity contribution < 1.29 is 4.74 Å². The van der Waals surface area contributed by atoms with E-state index in [4.69, 9.17) is 0 Å². The van der Waals surface area contributed by atoms with Crippen molar-refractivity contribution in [3.8, 4) is 0 Å². The first-order valence-electron chi connectivity index (χ1n) is 6.19. The SMILES string of the molecule is [O-]/[N+](=C\c1cccc2ccccc12)c1ccccc1. The first-order valence-corrected chi connectivity index (χ1v) is 6.19. The van der Waals surface area contributed by atoms with Gasteiger partial charge in [-0.25, -0.2) is 0 Å². The minimum atomic E-state index is 0.635. The Bertz CT molecular complexity index is 727. The number of rotatable bonds is 2. The molecule has 0 radical (unpaired) electrons. The molecule has 0 aromatic heterocycles. The average molecular weight is 247 g/mol. The van der Waals surface area contributed by atoms with E-state index in [9.17, 15) is 5.21 Å². The molecule has 0 aliphatic rings. The predicted molar refractivity (Wildman–Crippen MR) is 78.8 cm³/mol. The molecule has 0 fully saturated rings. The van der Waals surface area contributed by atoms with E-state index < -0.39 is 0 Å². The monoisotopic (exact) mass is 247 g/mol. The van der Waals surface area contributed by atoms with Gasteiger partial charge in [0.05, 0.1) is 0 Å². The van der Waals surface area contributed by atoms with E-state index >= 15 is 0 Å². The Labute approximate surface area is 111 Å². The molecule has 3 aromatic rings. The summed E-state index contributed by atoms with van der Waals surface area (Å²) in [6.07, 6.45) is 1.62. The van der Waals surface area contributed by atoms with Gasteiger partial charge in [-0.05, 0) is 16.8 Å². The predicted octanol–water partition coefficient (Wildman–Crippen LogP) is 4.10. The highest BCUT2D eigenvalue weighted by Crippen LogP contribution is 2.18. The molecule has 0 N–H and O–H groups in total. The summed E-state index contributed by atoms with van der Waals surface area (Å²) in [5, 5.41) is 14.3. The summed E-state index contributed by atoms with van der Waals surface area (Å²) in [4.78, 5) is 0. The summed E-state index contributed by atoms with van der Waals surface area (Å²) < 4.78 is 0.905. The van der Waals surface area contributed by atoms with Crippen molar-refractivity contribution in [2.24, 2.45) is 0 Å². The van der Waals surface area contributed by atoms with Gasteiger partial charge in [0.25, 0.3) is 0 Å². The van der Waals surface area contributed by atoms with Gasteiger partial charge in [-0.15, -0.1) is 0 Å². The largest absolute Gasteiger partial charge is 0.618 e. The van der Waals surface area contributed by atoms with Gasteiger partial charge in [0.1, 0.15) is 0 Å². The van der Waals surface area contributed by atoms with Gasteiger partial charge < -0.3 is 5.21 Å². The average Bonchev–Trinajstić information content (AvgIpc) is 2.48. The maximum Gasteiger partial charge on any atom is 0.216 e. The van der Waals surface area contributed by atoms with Crippen LogP contribution in [0.4, 0.5) is 5.69 Å². The second-order valence-electron chi connectivity index (χ2n) is 4.36. The fourth-order valence-electron chi connectivity index (χ4n) is 2.14. The Morgan fingerprint density at radius 1 is 0.737 bits per heavy atom. The van der Waals surface area contributed by atoms with Crippen molar-refractivity contribution in [3.63, 3.8) is 0 Å². The molecule has 0 heterocycles. The number of benzene rings is 3. The van der Waals surface area contributed by atoms with Crippen molar-refractivity contribution in [3.05, 3.63) is 83.6 Å². The van der Waals surface area contributed by atoms with Crippen molar-refractivity contribution >= 4 is 22.7 Å². The molecular formula is C17H13NO. The summed E-state index contributed by atoms with van der Waals surface area (Å²) in [7, 11) is 0. The highest BCUT2D eigenvalue weighted by Gasteiger charge is 2.03. The van der Waals surface area contributed by atoms with E-state index in [1.807, 2.05) is 60.7 Å². The lowest BCUT2D eigenvalue weighted by molar-refractivity contribution is -0.354. The maximum absolute atomic E-state index is 12.1. The molecule has 0 saturated heterocycles. The third-order valence-corrected chi connectivity index (χ3v) is 3.09. The molecule has 0 amide bonds. The maximum atomic E-state index is 12.1. The van der Waals surface area contributed by atoms with Crippen molar-refractivity contribution in [2.45, 2.75) is 0 Å². The van der Waals surface area contributed by atoms with E-state index in [1.54, 1.807) is 18.3 Å². The van der Waals surface area contributed by atoms with Crippen LogP contribution in [0.2, 0.25) is 0 Å². The highest BCUT2D eigenvalue weighted by molar-refractivity contribution is 5.98. The van der Waals surface area contributed by atoms with Crippen LogP contribution in [0.15, 0.2) is 72.8 Å². The van der Waals surface area contributed by atoms with E-state index in [2.05, 4.69) is 0 Å². The van der Waals surface area contributed by atoms with Crippen molar-refractivity contribution in [1.82, 2.24) is 0 Å². The first-order chi connectivity index (χ1) is 9.34. The third kappa shape index (κ3) is 2.33. The molecule has 0 spiro atoms. The molecule has 92 valence electrons. The second kappa shape index (κ2) is 4.94. The molecule has 0 atom stereocenters.